The van der Waals surface area contributed by atoms with Crippen molar-refractivity contribution in [3.63, 3.8) is 0 Å². The topological polar surface area (TPSA) is 88.5 Å². The lowest BCUT2D eigenvalue weighted by atomic mass is 9.93. The van der Waals surface area contributed by atoms with Crippen LogP contribution in [0.5, 0.6) is 0 Å². The largest absolute Gasteiger partial charge is 0.433 e. The molecule has 7 nitrogen and oxygen atoms in total. The van der Waals surface area contributed by atoms with Crippen molar-refractivity contribution in [1.82, 2.24) is 24.9 Å². The van der Waals surface area contributed by atoms with E-state index in [2.05, 4.69) is 35.6 Å². The number of nitrogens with zero attached hydrogens (tertiary/aromatic N) is 5. The molecule has 1 aliphatic rings. The third kappa shape index (κ3) is 5.03. The van der Waals surface area contributed by atoms with Gasteiger partial charge in [-0.2, -0.15) is 41.3 Å². The Kier molecular flexibility index (Phi) is 5.57. The second-order valence-corrected chi connectivity index (χ2v) is 7.04. The molecule has 0 aromatic carbocycles. The summed E-state index contributed by atoms with van der Waals surface area (Å²) >= 11 is 0. The summed E-state index contributed by atoms with van der Waals surface area (Å²) in [5, 5.41) is 5.68. The van der Waals surface area contributed by atoms with Gasteiger partial charge in [0.2, 0.25) is 11.9 Å². The molecule has 0 unspecified atom stereocenters. The molecule has 32 heavy (non-hydrogen) atoms. The van der Waals surface area contributed by atoms with Gasteiger partial charge in [-0.05, 0) is 43.5 Å². The zero-order valence-electron chi connectivity index (χ0n) is 16.2. The van der Waals surface area contributed by atoms with Gasteiger partial charge in [-0.15, -0.1) is 0 Å². The summed E-state index contributed by atoms with van der Waals surface area (Å²) < 4.78 is 78.0. The van der Waals surface area contributed by atoms with Crippen molar-refractivity contribution in [2.75, 3.05) is 10.6 Å². The van der Waals surface area contributed by atoms with Crippen LogP contribution in [0.3, 0.4) is 0 Å². The fourth-order valence-corrected chi connectivity index (χ4v) is 2.86. The Balaban J connectivity index is 1.70. The van der Waals surface area contributed by atoms with Crippen LogP contribution in [-0.2, 0) is 12.4 Å². The van der Waals surface area contributed by atoms with Crippen LogP contribution < -0.4 is 10.6 Å². The maximum Gasteiger partial charge on any atom is 0.433 e. The minimum absolute atomic E-state index is 0.00364. The molecule has 0 bridgehead atoms. The number of halogens is 6. The van der Waals surface area contributed by atoms with E-state index in [1.165, 1.54) is 18.2 Å². The summed E-state index contributed by atoms with van der Waals surface area (Å²) in [5.74, 6) is -0.248. The van der Waals surface area contributed by atoms with Gasteiger partial charge in [0.1, 0.15) is 17.1 Å². The predicted octanol–water partition coefficient (Wildman–Crippen LogP) is 5.07. The first-order valence-electron chi connectivity index (χ1n) is 9.45. The van der Waals surface area contributed by atoms with Gasteiger partial charge >= 0.3 is 12.4 Å². The number of alkyl halides is 6. The van der Waals surface area contributed by atoms with E-state index in [4.69, 9.17) is 0 Å². The van der Waals surface area contributed by atoms with Crippen molar-refractivity contribution >= 4 is 17.6 Å². The van der Waals surface area contributed by atoms with E-state index in [-0.39, 0.29) is 35.1 Å². The van der Waals surface area contributed by atoms with Gasteiger partial charge in [0.05, 0.1) is 0 Å². The molecule has 0 radical (unpaired) electrons. The van der Waals surface area contributed by atoms with E-state index < -0.39 is 23.7 Å². The molecule has 168 valence electrons. The SMILES string of the molecule is FC(F)(F)c1cc(Nc2nc(NC3CCC3)nc(-c3cccc(C(F)(F)F)n3)n2)ccn1. The fraction of sp³-hybridized carbons (Fsp3) is 0.316. The highest BCUT2D eigenvalue weighted by atomic mass is 19.4. The average molecular weight is 455 g/mol. The van der Waals surface area contributed by atoms with Crippen LogP contribution in [0.4, 0.5) is 43.9 Å². The number of hydrogen-bond acceptors (Lipinski definition) is 7. The molecule has 0 aliphatic heterocycles. The van der Waals surface area contributed by atoms with Gasteiger partial charge in [-0.25, -0.2) is 4.98 Å². The van der Waals surface area contributed by atoms with E-state index in [9.17, 15) is 26.3 Å². The number of aromatic nitrogens is 5. The molecule has 1 saturated carbocycles. The van der Waals surface area contributed by atoms with E-state index in [1.54, 1.807) is 0 Å². The third-order valence-electron chi connectivity index (χ3n) is 4.65. The van der Waals surface area contributed by atoms with Gasteiger partial charge in [-0.1, -0.05) is 6.07 Å². The van der Waals surface area contributed by atoms with E-state index >= 15 is 0 Å². The highest BCUT2D eigenvalue weighted by Gasteiger charge is 2.33. The molecule has 1 aliphatic carbocycles. The number of rotatable bonds is 5. The molecule has 0 spiro atoms. The maximum atomic E-state index is 13.1. The third-order valence-corrected chi connectivity index (χ3v) is 4.65. The second-order valence-electron chi connectivity index (χ2n) is 7.04. The summed E-state index contributed by atoms with van der Waals surface area (Å²) in [7, 11) is 0. The summed E-state index contributed by atoms with van der Waals surface area (Å²) in [5.41, 5.74) is -2.41. The normalized spacial score (nSPS) is 14.7. The number of nitrogens with one attached hydrogen (secondary N) is 2. The van der Waals surface area contributed by atoms with Crippen molar-refractivity contribution in [2.45, 2.75) is 37.7 Å². The quantitative estimate of drug-likeness (QED) is 0.519. The molecule has 3 aromatic heterocycles. The fourth-order valence-electron chi connectivity index (χ4n) is 2.86. The molecule has 0 atom stereocenters. The van der Waals surface area contributed by atoms with Crippen molar-refractivity contribution in [1.29, 1.82) is 0 Å². The molecule has 0 amide bonds. The van der Waals surface area contributed by atoms with Crippen molar-refractivity contribution in [3.05, 3.63) is 47.9 Å². The van der Waals surface area contributed by atoms with Gasteiger partial charge in [0.15, 0.2) is 5.82 Å². The highest BCUT2D eigenvalue weighted by molar-refractivity contribution is 5.59. The zero-order chi connectivity index (χ0) is 22.9. The van der Waals surface area contributed by atoms with Crippen LogP contribution in [0.25, 0.3) is 11.5 Å². The molecular formula is C19H15F6N7. The Labute approximate surface area is 177 Å². The first-order valence-corrected chi connectivity index (χ1v) is 9.45. The molecule has 4 rings (SSSR count). The van der Waals surface area contributed by atoms with Gasteiger partial charge in [0, 0.05) is 17.9 Å². The smallest absolute Gasteiger partial charge is 0.351 e. The Morgan fingerprint density at radius 1 is 0.812 bits per heavy atom. The first kappa shape index (κ1) is 21.7. The Morgan fingerprint density at radius 3 is 2.19 bits per heavy atom. The van der Waals surface area contributed by atoms with E-state index in [1.807, 2.05) is 0 Å². The second kappa shape index (κ2) is 8.20. The number of pyridine rings is 2. The summed E-state index contributed by atoms with van der Waals surface area (Å²) in [6.45, 7) is 0. The van der Waals surface area contributed by atoms with Gasteiger partial charge < -0.3 is 10.6 Å². The average Bonchev–Trinajstić information content (AvgIpc) is 2.70. The van der Waals surface area contributed by atoms with Gasteiger partial charge in [-0.3, -0.25) is 4.98 Å². The lowest BCUT2D eigenvalue weighted by Crippen LogP contribution is -2.28. The molecule has 0 saturated heterocycles. The highest BCUT2D eigenvalue weighted by Crippen LogP contribution is 2.31. The van der Waals surface area contributed by atoms with Crippen LogP contribution in [0.15, 0.2) is 36.5 Å². The number of hydrogen-bond donors (Lipinski definition) is 2. The molecule has 2 N–H and O–H groups in total. The van der Waals surface area contributed by atoms with Crippen LogP contribution >= 0.6 is 0 Å². The summed E-state index contributed by atoms with van der Waals surface area (Å²) in [6, 6.07) is 5.42. The van der Waals surface area contributed by atoms with Crippen LogP contribution in [0.1, 0.15) is 30.7 Å². The number of anilines is 3. The summed E-state index contributed by atoms with van der Waals surface area (Å²) in [4.78, 5) is 19.2. The Hall–Kier alpha value is -3.51. The zero-order valence-corrected chi connectivity index (χ0v) is 16.2. The standard InChI is InChI=1S/C19H15F6N7/c20-18(21,22)13-6-2-5-12(29-13)15-30-16(27-10-3-1-4-10)32-17(31-15)28-11-7-8-26-14(9-11)19(23,24)25/h2,5-10H,1,3-4H2,(H2,26,27,28,30,31,32). The lowest BCUT2D eigenvalue weighted by Gasteiger charge is -2.26. The Morgan fingerprint density at radius 2 is 1.53 bits per heavy atom. The summed E-state index contributed by atoms with van der Waals surface area (Å²) in [6.07, 6.45) is -5.61. The van der Waals surface area contributed by atoms with Crippen LogP contribution in [0.2, 0.25) is 0 Å². The molecule has 3 aromatic rings. The van der Waals surface area contributed by atoms with Crippen molar-refractivity contribution in [3.8, 4) is 11.5 Å². The van der Waals surface area contributed by atoms with Crippen LogP contribution in [0, 0.1) is 0 Å². The lowest BCUT2D eigenvalue weighted by molar-refractivity contribution is -0.141. The minimum Gasteiger partial charge on any atom is -0.351 e. The molecule has 3 heterocycles. The maximum absolute atomic E-state index is 13.1. The molecular weight excluding hydrogens is 440 g/mol. The van der Waals surface area contributed by atoms with E-state index in [0.717, 1.165) is 37.6 Å². The first-order chi connectivity index (χ1) is 15.1. The Bertz CT molecular complexity index is 1110. The monoisotopic (exact) mass is 455 g/mol. The van der Waals surface area contributed by atoms with Crippen molar-refractivity contribution in [2.24, 2.45) is 0 Å². The van der Waals surface area contributed by atoms with Gasteiger partial charge in [0.25, 0.3) is 0 Å². The minimum atomic E-state index is -4.66. The van der Waals surface area contributed by atoms with Crippen molar-refractivity contribution < 1.29 is 26.3 Å². The predicted molar refractivity (Wildman–Crippen MR) is 102 cm³/mol. The molecule has 1 fully saturated rings. The van der Waals surface area contributed by atoms with Crippen LogP contribution in [-0.4, -0.2) is 31.0 Å². The molecule has 13 heteroatoms. The van der Waals surface area contributed by atoms with E-state index in [0.29, 0.717) is 0 Å².